The summed E-state index contributed by atoms with van der Waals surface area (Å²) in [5, 5.41) is 18.4. The first-order chi connectivity index (χ1) is 8.42. The Kier molecular flexibility index (Phi) is 8.83. The van der Waals surface area contributed by atoms with Gasteiger partial charge in [0.05, 0.1) is 0 Å². The van der Waals surface area contributed by atoms with Gasteiger partial charge in [0.1, 0.15) is 0 Å². The fourth-order valence-corrected chi connectivity index (χ4v) is 2.79. The van der Waals surface area contributed by atoms with Gasteiger partial charge in [0.2, 0.25) is 0 Å². The van der Waals surface area contributed by atoms with Gasteiger partial charge in [-0.3, -0.25) is 4.90 Å². The van der Waals surface area contributed by atoms with E-state index < -0.39 is 0 Å². The van der Waals surface area contributed by atoms with Crippen molar-refractivity contribution in [2.45, 2.75) is 72.4 Å². The van der Waals surface area contributed by atoms with Crippen LogP contribution < -0.4 is 0 Å². The quantitative estimate of drug-likeness (QED) is 0.634. The molecule has 0 aromatic heterocycles. The average Bonchev–Trinajstić information content (AvgIpc) is 2.32. The highest BCUT2D eigenvalue weighted by atomic mass is 16.3. The molecule has 0 heterocycles. The maximum atomic E-state index is 9.34. The van der Waals surface area contributed by atoms with E-state index in [0.29, 0.717) is 12.1 Å². The van der Waals surface area contributed by atoms with Crippen molar-refractivity contribution in [2.24, 2.45) is 5.41 Å². The van der Waals surface area contributed by atoms with Crippen molar-refractivity contribution < 1.29 is 10.2 Å². The van der Waals surface area contributed by atoms with Crippen LogP contribution in [0.3, 0.4) is 0 Å². The molecule has 0 aliphatic heterocycles. The molecule has 0 aliphatic rings. The van der Waals surface area contributed by atoms with Crippen LogP contribution in [0.15, 0.2) is 0 Å². The van der Waals surface area contributed by atoms with Crippen molar-refractivity contribution in [1.29, 1.82) is 0 Å². The Morgan fingerprint density at radius 3 is 1.83 bits per heavy atom. The standard InChI is InChI=1S/C15H33NO2/c1-6-15(9-11-18,8-7-10-17)12-16(13(2)3)14(4)5/h13-14,17-18H,6-12H2,1-5H3. The van der Waals surface area contributed by atoms with Crippen molar-refractivity contribution in [3.63, 3.8) is 0 Å². The van der Waals surface area contributed by atoms with Gasteiger partial charge in [-0.25, -0.2) is 0 Å². The Balaban J connectivity index is 4.81. The second kappa shape index (κ2) is 8.89. The van der Waals surface area contributed by atoms with E-state index in [0.717, 1.165) is 32.2 Å². The van der Waals surface area contributed by atoms with Crippen LogP contribution in [0.5, 0.6) is 0 Å². The molecular weight excluding hydrogens is 226 g/mol. The number of hydrogen-bond donors (Lipinski definition) is 2. The minimum Gasteiger partial charge on any atom is -0.396 e. The normalized spacial score (nSPS) is 15.7. The Labute approximate surface area is 113 Å². The summed E-state index contributed by atoms with van der Waals surface area (Å²) < 4.78 is 0. The smallest absolute Gasteiger partial charge is 0.0436 e. The first-order valence-electron chi connectivity index (χ1n) is 7.40. The SMILES string of the molecule is CCC(CCO)(CCCO)CN(C(C)C)C(C)C. The van der Waals surface area contributed by atoms with Crippen LogP contribution in [0.4, 0.5) is 0 Å². The maximum absolute atomic E-state index is 9.34. The molecule has 0 amide bonds. The van der Waals surface area contributed by atoms with Gasteiger partial charge in [-0.05, 0) is 58.8 Å². The average molecular weight is 259 g/mol. The van der Waals surface area contributed by atoms with Gasteiger partial charge < -0.3 is 10.2 Å². The van der Waals surface area contributed by atoms with Crippen LogP contribution in [0.1, 0.15) is 60.3 Å². The molecule has 2 N–H and O–H groups in total. The molecule has 18 heavy (non-hydrogen) atoms. The fourth-order valence-electron chi connectivity index (χ4n) is 2.79. The first-order valence-corrected chi connectivity index (χ1v) is 7.40. The number of nitrogens with zero attached hydrogens (tertiary/aromatic N) is 1. The highest BCUT2D eigenvalue weighted by Crippen LogP contribution is 2.34. The topological polar surface area (TPSA) is 43.7 Å². The molecular formula is C15H33NO2. The lowest BCUT2D eigenvalue weighted by atomic mass is 9.77. The molecule has 1 atom stereocenters. The number of aliphatic hydroxyl groups excluding tert-OH is 2. The highest BCUT2D eigenvalue weighted by Gasteiger charge is 2.31. The van der Waals surface area contributed by atoms with E-state index in [1.807, 2.05) is 0 Å². The molecule has 0 saturated carbocycles. The fraction of sp³-hybridized carbons (Fsp3) is 1.00. The molecule has 110 valence electrons. The summed E-state index contributed by atoms with van der Waals surface area (Å²) >= 11 is 0. The number of hydrogen-bond acceptors (Lipinski definition) is 3. The van der Waals surface area contributed by atoms with E-state index in [2.05, 4.69) is 39.5 Å². The lowest BCUT2D eigenvalue weighted by Crippen LogP contribution is -2.45. The second-order valence-corrected chi connectivity index (χ2v) is 6.01. The monoisotopic (exact) mass is 259 g/mol. The van der Waals surface area contributed by atoms with Crippen molar-refractivity contribution >= 4 is 0 Å². The van der Waals surface area contributed by atoms with Crippen LogP contribution >= 0.6 is 0 Å². The van der Waals surface area contributed by atoms with Crippen molar-refractivity contribution in [2.75, 3.05) is 19.8 Å². The summed E-state index contributed by atoms with van der Waals surface area (Å²) in [4.78, 5) is 2.50. The summed E-state index contributed by atoms with van der Waals surface area (Å²) in [6.45, 7) is 12.6. The van der Waals surface area contributed by atoms with Crippen molar-refractivity contribution in [3.05, 3.63) is 0 Å². The first kappa shape index (κ1) is 17.9. The molecule has 1 unspecified atom stereocenters. The van der Waals surface area contributed by atoms with Gasteiger partial charge in [-0.2, -0.15) is 0 Å². The third kappa shape index (κ3) is 5.68. The largest absolute Gasteiger partial charge is 0.396 e. The lowest BCUT2D eigenvalue weighted by molar-refractivity contribution is 0.0559. The van der Waals surface area contributed by atoms with Crippen LogP contribution in [0.2, 0.25) is 0 Å². The van der Waals surface area contributed by atoms with E-state index >= 15 is 0 Å². The zero-order valence-electron chi connectivity index (χ0n) is 12.9. The molecule has 0 radical (unpaired) electrons. The van der Waals surface area contributed by atoms with Gasteiger partial charge >= 0.3 is 0 Å². The van der Waals surface area contributed by atoms with E-state index in [1.54, 1.807) is 0 Å². The van der Waals surface area contributed by atoms with E-state index in [-0.39, 0.29) is 18.6 Å². The second-order valence-electron chi connectivity index (χ2n) is 6.01. The molecule has 0 aromatic carbocycles. The summed E-state index contributed by atoms with van der Waals surface area (Å²) in [6, 6.07) is 1.03. The molecule has 0 rings (SSSR count). The number of aliphatic hydroxyl groups is 2. The van der Waals surface area contributed by atoms with E-state index in [9.17, 15) is 5.11 Å². The highest BCUT2D eigenvalue weighted by molar-refractivity contribution is 4.84. The molecule has 3 heteroatoms. The van der Waals surface area contributed by atoms with Gasteiger partial charge in [-0.15, -0.1) is 0 Å². The summed E-state index contributed by atoms with van der Waals surface area (Å²) in [5.74, 6) is 0. The van der Waals surface area contributed by atoms with Crippen LogP contribution in [-0.2, 0) is 0 Å². The van der Waals surface area contributed by atoms with Crippen molar-refractivity contribution in [3.8, 4) is 0 Å². The molecule has 0 bridgehead atoms. The van der Waals surface area contributed by atoms with Crippen LogP contribution in [-0.4, -0.2) is 47.0 Å². The Hall–Kier alpha value is -0.120. The molecule has 0 saturated heterocycles. The summed E-state index contributed by atoms with van der Waals surface area (Å²) in [6.07, 6.45) is 3.72. The van der Waals surface area contributed by atoms with Crippen molar-refractivity contribution in [1.82, 2.24) is 4.90 Å². The molecule has 0 fully saturated rings. The predicted octanol–water partition coefficient (Wildman–Crippen LogP) is 2.66. The third-order valence-corrected chi connectivity index (χ3v) is 4.10. The van der Waals surface area contributed by atoms with Gasteiger partial charge in [0.15, 0.2) is 0 Å². The third-order valence-electron chi connectivity index (χ3n) is 4.10. The lowest BCUT2D eigenvalue weighted by Gasteiger charge is -2.41. The zero-order valence-corrected chi connectivity index (χ0v) is 12.9. The minimum atomic E-state index is 0.145. The molecule has 0 aliphatic carbocycles. The molecule has 0 aromatic rings. The van der Waals surface area contributed by atoms with Crippen LogP contribution in [0, 0.1) is 5.41 Å². The van der Waals surface area contributed by atoms with Gasteiger partial charge in [0, 0.05) is 31.8 Å². The van der Waals surface area contributed by atoms with E-state index in [1.165, 1.54) is 0 Å². The van der Waals surface area contributed by atoms with Crippen LogP contribution in [0.25, 0.3) is 0 Å². The maximum Gasteiger partial charge on any atom is 0.0436 e. The van der Waals surface area contributed by atoms with Gasteiger partial charge in [0.25, 0.3) is 0 Å². The van der Waals surface area contributed by atoms with Gasteiger partial charge in [-0.1, -0.05) is 6.92 Å². The zero-order chi connectivity index (χ0) is 14.2. The molecule has 0 spiro atoms. The minimum absolute atomic E-state index is 0.145. The summed E-state index contributed by atoms with van der Waals surface area (Å²) in [5.41, 5.74) is 0.145. The predicted molar refractivity (Wildman–Crippen MR) is 77.7 cm³/mol. The molecule has 3 nitrogen and oxygen atoms in total. The Morgan fingerprint density at radius 2 is 1.50 bits per heavy atom. The number of rotatable bonds is 10. The summed E-state index contributed by atoms with van der Waals surface area (Å²) in [7, 11) is 0. The Bertz CT molecular complexity index is 199. The van der Waals surface area contributed by atoms with E-state index in [4.69, 9.17) is 5.11 Å². The Morgan fingerprint density at radius 1 is 0.944 bits per heavy atom.